The molecule has 27 heavy (non-hydrogen) atoms. The molecule has 0 fully saturated rings. The van der Waals surface area contributed by atoms with Crippen LogP contribution < -0.4 is 10.6 Å². The summed E-state index contributed by atoms with van der Waals surface area (Å²) in [6.45, 7) is -0.0116. The number of nitro groups is 1. The molecule has 2 N–H and O–H groups in total. The van der Waals surface area contributed by atoms with Crippen LogP contribution >= 0.6 is 0 Å². The highest BCUT2D eigenvalue weighted by Crippen LogP contribution is 2.29. The molecule has 0 aromatic heterocycles. The lowest BCUT2D eigenvalue weighted by Gasteiger charge is -2.09. The highest BCUT2D eigenvalue weighted by atomic mass is 19.4. The summed E-state index contributed by atoms with van der Waals surface area (Å²) in [6, 6.07) is 8.92. The molecule has 0 aliphatic heterocycles. The molecule has 0 aliphatic carbocycles. The van der Waals surface area contributed by atoms with Crippen molar-refractivity contribution < 1.29 is 27.7 Å². The Morgan fingerprint density at radius 2 is 1.59 bits per heavy atom. The Morgan fingerprint density at radius 3 is 2.11 bits per heavy atom. The number of amides is 2. The maximum absolute atomic E-state index is 12.5. The Morgan fingerprint density at radius 1 is 1.00 bits per heavy atom. The number of alkyl halides is 3. The van der Waals surface area contributed by atoms with Crippen molar-refractivity contribution in [1.82, 2.24) is 5.32 Å². The first-order valence-corrected chi connectivity index (χ1v) is 7.66. The van der Waals surface area contributed by atoms with Gasteiger partial charge in [-0.2, -0.15) is 13.2 Å². The fourth-order valence-corrected chi connectivity index (χ4v) is 2.09. The van der Waals surface area contributed by atoms with Gasteiger partial charge in [0.05, 0.1) is 10.5 Å². The number of nitrogens with zero attached hydrogens (tertiary/aromatic N) is 1. The number of hydrogen-bond donors (Lipinski definition) is 2. The van der Waals surface area contributed by atoms with Crippen molar-refractivity contribution in [2.75, 3.05) is 11.9 Å². The van der Waals surface area contributed by atoms with Crippen LogP contribution in [0.1, 0.15) is 22.3 Å². The van der Waals surface area contributed by atoms with E-state index < -0.39 is 28.5 Å². The maximum Gasteiger partial charge on any atom is 0.416 e. The number of hydrogen-bond acceptors (Lipinski definition) is 4. The molecule has 2 aromatic carbocycles. The second kappa shape index (κ2) is 8.30. The van der Waals surface area contributed by atoms with E-state index >= 15 is 0 Å². The van der Waals surface area contributed by atoms with E-state index in [0.29, 0.717) is 0 Å². The Labute approximate surface area is 151 Å². The Hall–Kier alpha value is -3.43. The summed E-state index contributed by atoms with van der Waals surface area (Å²) in [6.07, 6.45) is -4.55. The second-order valence-electron chi connectivity index (χ2n) is 5.43. The molecule has 0 bridgehead atoms. The predicted octanol–water partition coefficient (Wildman–Crippen LogP) is 3.37. The van der Waals surface area contributed by atoms with Gasteiger partial charge in [-0.15, -0.1) is 0 Å². The number of anilines is 1. The summed E-state index contributed by atoms with van der Waals surface area (Å²) in [5.74, 6) is -0.994. The van der Waals surface area contributed by atoms with E-state index in [1.165, 1.54) is 24.3 Å². The molecule has 0 saturated carbocycles. The molecule has 0 heterocycles. The average Bonchev–Trinajstić information content (AvgIpc) is 2.61. The fraction of sp³-hybridized carbons (Fsp3) is 0.176. The van der Waals surface area contributed by atoms with Gasteiger partial charge in [-0.05, 0) is 36.4 Å². The molecule has 2 amide bonds. The van der Waals surface area contributed by atoms with Gasteiger partial charge in [-0.25, -0.2) is 0 Å². The van der Waals surface area contributed by atoms with E-state index in [9.17, 15) is 32.9 Å². The van der Waals surface area contributed by atoms with Gasteiger partial charge in [0.15, 0.2) is 0 Å². The highest BCUT2D eigenvalue weighted by Gasteiger charge is 2.29. The summed E-state index contributed by atoms with van der Waals surface area (Å²) >= 11 is 0. The zero-order valence-corrected chi connectivity index (χ0v) is 13.7. The zero-order chi connectivity index (χ0) is 20.0. The number of nitrogens with one attached hydrogen (secondary N) is 2. The lowest BCUT2D eigenvalue weighted by atomic mass is 10.2. The summed E-state index contributed by atoms with van der Waals surface area (Å²) in [4.78, 5) is 33.6. The van der Waals surface area contributed by atoms with Gasteiger partial charge in [0.2, 0.25) is 5.91 Å². The van der Waals surface area contributed by atoms with E-state index in [2.05, 4.69) is 10.6 Å². The van der Waals surface area contributed by atoms with Gasteiger partial charge in [-0.3, -0.25) is 19.7 Å². The maximum atomic E-state index is 12.5. The predicted molar refractivity (Wildman–Crippen MR) is 90.1 cm³/mol. The average molecular weight is 381 g/mol. The molecule has 0 aliphatic rings. The lowest BCUT2D eigenvalue weighted by molar-refractivity contribution is -0.384. The Kier molecular flexibility index (Phi) is 6.11. The third-order valence-electron chi connectivity index (χ3n) is 3.47. The van der Waals surface area contributed by atoms with Gasteiger partial charge in [0, 0.05) is 36.3 Å². The van der Waals surface area contributed by atoms with Crippen LogP contribution in [0.25, 0.3) is 0 Å². The molecule has 0 spiro atoms. The summed E-state index contributed by atoms with van der Waals surface area (Å²) in [5, 5.41) is 15.4. The zero-order valence-electron chi connectivity index (χ0n) is 13.7. The van der Waals surface area contributed by atoms with Gasteiger partial charge >= 0.3 is 6.18 Å². The lowest BCUT2D eigenvalue weighted by Crippen LogP contribution is -2.27. The number of non-ortho nitro benzene ring substituents is 1. The number of nitro benzene ring substituents is 1. The van der Waals surface area contributed by atoms with Crippen LogP contribution in [-0.2, 0) is 11.0 Å². The quantitative estimate of drug-likeness (QED) is 0.592. The topological polar surface area (TPSA) is 101 Å². The Bertz CT molecular complexity index is 834. The normalized spacial score (nSPS) is 10.9. The van der Waals surface area contributed by atoms with E-state index in [-0.39, 0.29) is 29.9 Å². The van der Waals surface area contributed by atoms with E-state index in [4.69, 9.17) is 0 Å². The van der Waals surface area contributed by atoms with Gasteiger partial charge in [0.1, 0.15) is 0 Å². The molecule has 0 atom stereocenters. The molecule has 0 saturated heterocycles. The van der Waals surface area contributed by atoms with Crippen molar-refractivity contribution in [2.45, 2.75) is 12.6 Å². The van der Waals surface area contributed by atoms with Gasteiger partial charge < -0.3 is 10.6 Å². The van der Waals surface area contributed by atoms with Crippen molar-refractivity contribution in [2.24, 2.45) is 0 Å². The standard InChI is InChI=1S/C17H14F3N3O4/c18-17(19,20)12-3-5-13(6-4-12)22-15(24)9-10-21-16(25)11-1-7-14(8-2-11)23(26)27/h1-8H,9-10H2,(H,21,25)(H,22,24). The smallest absolute Gasteiger partial charge is 0.352 e. The molecule has 10 heteroatoms. The molecule has 7 nitrogen and oxygen atoms in total. The number of carbonyl (C=O) groups excluding carboxylic acids is 2. The minimum Gasteiger partial charge on any atom is -0.352 e. The first-order valence-electron chi connectivity index (χ1n) is 7.66. The highest BCUT2D eigenvalue weighted by molar-refractivity contribution is 5.95. The van der Waals surface area contributed by atoms with E-state index in [0.717, 1.165) is 24.3 Å². The van der Waals surface area contributed by atoms with Crippen LogP contribution in [0.15, 0.2) is 48.5 Å². The van der Waals surface area contributed by atoms with Crippen LogP contribution in [0.4, 0.5) is 24.5 Å². The molecule has 0 radical (unpaired) electrons. The van der Waals surface area contributed by atoms with Gasteiger partial charge in [0.25, 0.3) is 11.6 Å². The van der Waals surface area contributed by atoms with Crippen molar-refractivity contribution in [3.05, 3.63) is 69.8 Å². The molecule has 0 unspecified atom stereocenters. The van der Waals surface area contributed by atoms with Crippen LogP contribution in [0, 0.1) is 10.1 Å². The van der Waals surface area contributed by atoms with Crippen LogP contribution in [0.5, 0.6) is 0 Å². The fourth-order valence-electron chi connectivity index (χ4n) is 2.09. The molecular weight excluding hydrogens is 367 g/mol. The van der Waals surface area contributed by atoms with E-state index in [1.807, 2.05) is 0 Å². The SMILES string of the molecule is O=C(CCNC(=O)c1ccc([N+](=O)[O-])cc1)Nc1ccc(C(F)(F)F)cc1. The molecule has 2 rings (SSSR count). The first kappa shape index (κ1) is 19.9. The van der Waals surface area contributed by atoms with Crippen LogP contribution in [-0.4, -0.2) is 23.3 Å². The largest absolute Gasteiger partial charge is 0.416 e. The van der Waals surface area contributed by atoms with Crippen molar-refractivity contribution >= 4 is 23.2 Å². The summed E-state index contributed by atoms with van der Waals surface area (Å²) in [7, 11) is 0. The number of rotatable bonds is 6. The third-order valence-corrected chi connectivity index (χ3v) is 3.47. The summed E-state index contributed by atoms with van der Waals surface area (Å²) < 4.78 is 37.4. The molecular formula is C17H14F3N3O4. The van der Waals surface area contributed by atoms with Crippen molar-refractivity contribution in [1.29, 1.82) is 0 Å². The van der Waals surface area contributed by atoms with Crippen molar-refractivity contribution in [3.63, 3.8) is 0 Å². The second-order valence-corrected chi connectivity index (χ2v) is 5.43. The van der Waals surface area contributed by atoms with E-state index in [1.54, 1.807) is 0 Å². The number of benzene rings is 2. The number of halogens is 3. The monoisotopic (exact) mass is 381 g/mol. The van der Waals surface area contributed by atoms with Crippen LogP contribution in [0.2, 0.25) is 0 Å². The molecule has 2 aromatic rings. The first-order chi connectivity index (χ1) is 12.7. The number of carbonyl (C=O) groups is 2. The van der Waals surface area contributed by atoms with Crippen molar-refractivity contribution in [3.8, 4) is 0 Å². The van der Waals surface area contributed by atoms with Crippen LogP contribution in [0.3, 0.4) is 0 Å². The summed E-state index contributed by atoms with van der Waals surface area (Å²) in [5.41, 5.74) is -0.572. The minimum atomic E-state index is -4.45. The molecule has 142 valence electrons. The van der Waals surface area contributed by atoms with Gasteiger partial charge in [-0.1, -0.05) is 0 Å². The Balaban J connectivity index is 1.80. The third kappa shape index (κ3) is 5.80. The minimum absolute atomic E-state index is 0.0116.